The van der Waals surface area contributed by atoms with Gasteiger partial charge in [0.2, 0.25) is 10.0 Å². The van der Waals surface area contributed by atoms with E-state index in [4.69, 9.17) is 5.11 Å². The zero-order valence-corrected chi connectivity index (χ0v) is 11.9. The maximum absolute atomic E-state index is 14.3. The van der Waals surface area contributed by atoms with E-state index in [0.717, 1.165) is 10.7 Å². The lowest BCUT2D eigenvalue weighted by atomic mass is 10.0. The maximum atomic E-state index is 14.3. The van der Waals surface area contributed by atoms with Crippen molar-refractivity contribution in [3.63, 3.8) is 0 Å². The lowest BCUT2D eigenvalue weighted by molar-refractivity contribution is 0.0692. The summed E-state index contributed by atoms with van der Waals surface area (Å²) in [6, 6.07) is 2.71. The summed E-state index contributed by atoms with van der Waals surface area (Å²) in [4.78, 5) is 11.1. The molecule has 0 radical (unpaired) electrons. The summed E-state index contributed by atoms with van der Waals surface area (Å²) in [5.41, 5.74) is 0.00213. The number of carbonyl (C=O) groups is 1. The van der Waals surface area contributed by atoms with E-state index in [1.807, 2.05) is 6.92 Å². The summed E-state index contributed by atoms with van der Waals surface area (Å²) < 4.78 is 39.0. The van der Waals surface area contributed by atoms with Crippen LogP contribution in [0.15, 0.2) is 12.1 Å². The summed E-state index contributed by atoms with van der Waals surface area (Å²) in [5.74, 6) is -2.41. The average Bonchev–Trinajstić information content (AvgIpc) is 2.71. The third-order valence-corrected chi connectivity index (χ3v) is 5.11. The molecule has 0 aromatic heterocycles. The molecule has 5 nitrogen and oxygen atoms in total. The summed E-state index contributed by atoms with van der Waals surface area (Å²) in [6.07, 6.45) is 1.75. The fourth-order valence-corrected chi connectivity index (χ4v) is 3.90. The first-order valence-electron chi connectivity index (χ1n) is 6.43. The lowest BCUT2D eigenvalue weighted by Gasteiger charge is -2.19. The van der Waals surface area contributed by atoms with Crippen LogP contribution in [0.5, 0.6) is 0 Å². The molecule has 1 aliphatic rings. The third-order valence-electron chi connectivity index (χ3n) is 3.25. The molecule has 1 aromatic rings. The molecule has 7 heteroatoms. The molecular weight excluding hydrogens is 285 g/mol. The molecule has 1 aliphatic heterocycles. The predicted octanol–water partition coefficient (Wildman–Crippen LogP) is 2.02. The molecular formula is C13H16FNO4S. The van der Waals surface area contributed by atoms with Crippen molar-refractivity contribution in [2.45, 2.75) is 26.2 Å². The smallest absolute Gasteiger partial charge is 0.338 e. The maximum Gasteiger partial charge on any atom is 0.338 e. The van der Waals surface area contributed by atoms with Crippen molar-refractivity contribution in [2.24, 2.45) is 0 Å². The average molecular weight is 301 g/mol. The van der Waals surface area contributed by atoms with Gasteiger partial charge < -0.3 is 5.11 Å². The molecule has 2 rings (SSSR count). The summed E-state index contributed by atoms with van der Waals surface area (Å²) >= 11 is 0. The van der Waals surface area contributed by atoms with Crippen molar-refractivity contribution in [3.8, 4) is 0 Å². The SMILES string of the molecule is CCCc1cc(C(=O)O)c(F)c(N2CCCS2(=O)=O)c1. The molecule has 1 N–H and O–H groups in total. The second-order valence-electron chi connectivity index (χ2n) is 4.77. The first-order chi connectivity index (χ1) is 9.36. The molecule has 1 aromatic carbocycles. The molecule has 0 aliphatic carbocycles. The Morgan fingerprint density at radius 3 is 2.65 bits per heavy atom. The number of sulfonamides is 1. The van der Waals surface area contributed by atoms with E-state index >= 15 is 0 Å². The number of rotatable bonds is 4. The van der Waals surface area contributed by atoms with E-state index in [0.29, 0.717) is 18.4 Å². The largest absolute Gasteiger partial charge is 0.478 e. The number of aryl methyl sites for hydroxylation is 1. The van der Waals surface area contributed by atoms with E-state index in [1.54, 1.807) is 0 Å². The number of carboxylic acid groups (broad SMARTS) is 1. The number of hydrogen-bond donors (Lipinski definition) is 1. The molecule has 0 unspecified atom stereocenters. The molecule has 1 saturated heterocycles. The van der Waals surface area contributed by atoms with Crippen LogP contribution in [0.1, 0.15) is 35.7 Å². The number of nitrogens with zero attached hydrogens (tertiary/aromatic N) is 1. The standard InChI is InChI=1S/C13H16FNO4S/c1-2-4-9-7-10(13(16)17)12(14)11(8-9)15-5-3-6-20(15,18)19/h7-8H,2-6H2,1H3,(H,16,17). The van der Waals surface area contributed by atoms with Crippen molar-refractivity contribution >= 4 is 21.7 Å². The predicted molar refractivity (Wildman–Crippen MR) is 73.1 cm³/mol. The van der Waals surface area contributed by atoms with Gasteiger partial charge in [-0.25, -0.2) is 17.6 Å². The van der Waals surface area contributed by atoms with Gasteiger partial charge in [0.1, 0.15) is 0 Å². The van der Waals surface area contributed by atoms with Crippen LogP contribution < -0.4 is 4.31 Å². The summed E-state index contributed by atoms with van der Waals surface area (Å²) in [6.45, 7) is 2.10. The highest BCUT2D eigenvalue weighted by Crippen LogP contribution is 2.30. The van der Waals surface area contributed by atoms with Crippen LogP contribution in [-0.2, 0) is 16.4 Å². The Morgan fingerprint density at radius 2 is 2.15 bits per heavy atom. The van der Waals surface area contributed by atoms with Crippen molar-refractivity contribution in [1.29, 1.82) is 0 Å². The van der Waals surface area contributed by atoms with Gasteiger partial charge in [0.25, 0.3) is 0 Å². The van der Waals surface area contributed by atoms with Crippen LogP contribution in [0.3, 0.4) is 0 Å². The molecule has 0 bridgehead atoms. The van der Waals surface area contributed by atoms with E-state index in [-0.39, 0.29) is 18.0 Å². The van der Waals surface area contributed by atoms with Crippen molar-refractivity contribution in [1.82, 2.24) is 0 Å². The number of benzene rings is 1. The number of anilines is 1. The van der Waals surface area contributed by atoms with Crippen molar-refractivity contribution < 1.29 is 22.7 Å². The number of hydrogen-bond acceptors (Lipinski definition) is 3. The van der Waals surface area contributed by atoms with Crippen molar-refractivity contribution in [3.05, 3.63) is 29.1 Å². The van der Waals surface area contributed by atoms with Gasteiger partial charge in [-0.3, -0.25) is 4.31 Å². The van der Waals surface area contributed by atoms with Gasteiger partial charge in [-0.15, -0.1) is 0 Å². The normalized spacial score (nSPS) is 17.4. The number of carboxylic acids is 1. The minimum atomic E-state index is -3.54. The highest BCUT2D eigenvalue weighted by atomic mass is 32.2. The summed E-state index contributed by atoms with van der Waals surface area (Å²) in [5, 5.41) is 9.05. The van der Waals surface area contributed by atoms with E-state index < -0.39 is 27.4 Å². The first kappa shape index (κ1) is 14.8. The second-order valence-corrected chi connectivity index (χ2v) is 6.79. The fraction of sp³-hybridized carbons (Fsp3) is 0.462. The first-order valence-corrected chi connectivity index (χ1v) is 8.04. The molecule has 110 valence electrons. The molecule has 0 atom stereocenters. The Balaban J connectivity index is 2.59. The highest BCUT2D eigenvalue weighted by Gasteiger charge is 2.32. The monoisotopic (exact) mass is 301 g/mol. The Morgan fingerprint density at radius 1 is 1.45 bits per heavy atom. The second kappa shape index (κ2) is 5.40. The van der Waals surface area contributed by atoms with Crippen LogP contribution in [0.2, 0.25) is 0 Å². The van der Waals surface area contributed by atoms with E-state index in [1.165, 1.54) is 12.1 Å². The number of aromatic carboxylic acids is 1. The quantitative estimate of drug-likeness (QED) is 0.923. The molecule has 20 heavy (non-hydrogen) atoms. The van der Waals surface area contributed by atoms with Gasteiger partial charge in [0, 0.05) is 6.54 Å². The number of halogens is 1. The van der Waals surface area contributed by atoms with Gasteiger partial charge in [-0.05, 0) is 30.5 Å². The van der Waals surface area contributed by atoms with Gasteiger partial charge in [0.05, 0.1) is 17.0 Å². The Bertz CT molecular complexity index is 642. The third kappa shape index (κ3) is 2.63. The highest BCUT2D eigenvalue weighted by molar-refractivity contribution is 7.93. The van der Waals surface area contributed by atoms with E-state index in [9.17, 15) is 17.6 Å². The van der Waals surface area contributed by atoms with Crippen LogP contribution in [0.4, 0.5) is 10.1 Å². The van der Waals surface area contributed by atoms with Crippen LogP contribution in [-0.4, -0.2) is 31.8 Å². The van der Waals surface area contributed by atoms with Crippen LogP contribution >= 0.6 is 0 Å². The molecule has 1 heterocycles. The van der Waals surface area contributed by atoms with Crippen molar-refractivity contribution in [2.75, 3.05) is 16.6 Å². The molecule has 0 saturated carbocycles. The van der Waals surface area contributed by atoms with Gasteiger partial charge in [0.15, 0.2) is 5.82 Å². The molecule has 0 spiro atoms. The van der Waals surface area contributed by atoms with Gasteiger partial charge >= 0.3 is 5.97 Å². The fourth-order valence-electron chi connectivity index (χ4n) is 2.35. The molecule has 1 fully saturated rings. The van der Waals surface area contributed by atoms with Crippen LogP contribution in [0.25, 0.3) is 0 Å². The Labute approximate surface area is 117 Å². The van der Waals surface area contributed by atoms with Gasteiger partial charge in [-0.2, -0.15) is 0 Å². The Hall–Kier alpha value is -1.63. The topological polar surface area (TPSA) is 74.7 Å². The van der Waals surface area contributed by atoms with Crippen LogP contribution in [0, 0.1) is 5.82 Å². The molecule has 0 amide bonds. The lowest BCUT2D eigenvalue weighted by Crippen LogP contribution is -2.27. The summed E-state index contributed by atoms with van der Waals surface area (Å²) in [7, 11) is -3.54. The minimum Gasteiger partial charge on any atom is -0.478 e. The minimum absolute atomic E-state index is 0.0349. The Kier molecular flexibility index (Phi) is 3.99. The zero-order valence-electron chi connectivity index (χ0n) is 11.1. The van der Waals surface area contributed by atoms with Gasteiger partial charge in [-0.1, -0.05) is 13.3 Å². The van der Waals surface area contributed by atoms with E-state index in [2.05, 4.69) is 0 Å². The zero-order chi connectivity index (χ0) is 14.9.